The minimum Gasteiger partial charge on any atom is -0.357 e. The molecule has 0 radical (unpaired) electrons. The maximum atomic E-state index is 10.8. The number of pyridine rings is 1. The molecule has 20 heavy (non-hydrogen) atoms. The van der Waals surface area contributed by atoms with Crippen LogP contribution in [0.25, 0.3) is 0 Å². The van der Waals surface area contributed by atoms with Crippen LogP contribution in [0.2, 0.25) is 0 Å². The maximum absolute atomic E-state index is 10.8. The van der Waals surface area contributed by atoms with E-state index in [0.717, 1.165) is 25.2 Å². The monoisotopic (exact) mass is 278 g/mol. The lowest BCUT2D eigenvalue weighted by molar-refractivity contribution is -0.385. The van der Waals surface area contributed by atoms with Gasteiger partial charge in [0.15, 0.2) is 0 Å². The lowest BCUT2D eigenvalue weighted by atomic mass is 9.97. The SMILES string of the molecule is Cc1cc(N(C)C2CCN(C)C(C)C2)ncc1[N+](=O)[O-]. The minimum atomic E-state index is -0.385. The van der Waals surface area contributed by atoms with E-state index in [0.29, 0.717) is 17.6 Å². The summed E-state index contributed by atoms with van der Waals surface area (Å²) in [6.07, 6.45) is 3.54. The fraction of sp³-hybridized carbons (Fsp3) is 0.643. The van der Waals surface area contributed by atoms with Crippen molar-refractivity contribution in [1.82, 2.24) is 9.88 Å². The third kappa shape index (κ3) is 2.90. The highest BCUT2D eigenvalue weighted by Gasteiger charge is 2.26. The fourth-order valence-electron chi connectivity index (χ4n) is 2.72. The largest absolute Gasteiger partial charge is 0.357 e. The molecule has 0 bridgehead atoms. The van der Waals surface area contributed by atoms with E-state index in [2.05, 4.69) is 28.8 Å². The Hall–Kier alpha value is -1.69. The van der Waals surface area contributed by atoms with Gasteiger partial charge in [-0.3, -0.25) is 10.1 Å². The summed E-state index contributed by atoms with van der Waals surface area (Å²) in [4.78, 5) is 19.2. The molecule has 2 unspecified atom stereocenters. The number of aryl methyl sites for hydroxylation is 1. The van der Waals surface area contributed by atoms with Crippen LogP contribution in [0.4, 0.5) is 11.5 Å². The van der Waals surface area contributed by atoms with Crippen molar-refractivity contribution in [3.05, 3.63) is 27.9 Å². The highest BCUT2D eigenvalue weighted by atomic mass is 16.6. The van der Waals surface area contributed by atoms with Gasteiger partial charge in [-0.05, 0) is 39.8 Å². The molecule has 1 aliphatic heterocycles. The molecule has 1 saturated heterocycles. The second-order valence-corrected chi connectivity index (χ2v) is 5.70. The molecule has 2 rings (SSSR count). The van der Waals surface area contributed by atoms with Crippen LogP contribution in [0, 0.1) is 17.0 Å². The summed E-state index contributed by atoms with van der Waals surface area (Å²) in [6, 6.07) is 2.80. The topological polar surface area (TPSA) is 62.5 Å². The molecule has 0 N–H and O–H groups in total. The van der Waals surface area contributed by atoms with E-state index in [1.54, 1.807) is 13.0 Å². The van der Waals surface area contributed by atoms with Gasteiger partial charge >= 0.3 is 0 Å². The van der Waals surface area contributed by atoms with Crippen LogP contribution in [-0.2, 0) is 0 Å². The first-order chi connectivity index (χ1) is 9.40. The Morgan fingerprint density at radius 1 is 1.55 bits per heavy atom. The van der Waals surface area contributed by atoms with Crippen molar-refractivity contribution in [2.45, 2.75) is 38.8 Å². The molecule has 1 aromatic rings. The second-order valence-electron chi connectivity index (χ2n) is 5.70. The summed E-state index contributed by atoms with van der Waals surface area (Å²) in [5.41, 5.74) is 0.742. The van der Waals surface area contributed by atoms with Crippen LogP contribution < -0.4 is 4.90 Å². The van der Waals surface area contributed by atoms with Gasteiger partial charge < -0.3 is 9.80 Å². The summed E-state index contributed by atoms with van der Waals surface area (Å²) >= 11 is 0. The smallest absolute Gasteiger partial charge is 0.290 e. The predicted octanol–water partition coefficient (Wildman–Crippen LogP) is 2.22. The predicted molar refractivity (Wildman–Crippen MR) is 79.1 cm³/mol. The van der Waals surface area contributed by atoms with Gasteiger partial charge in [-0.1, -0.05) is 0 Å². The quantitative estimate of drug-likeness (QED) is 0.626. The summed E-state index contributed by atoms with van der Waals surface area (Å²) in [6.45, 7) is 5.06. The molecule has 6 heteroatoms. The lowest BCUT2D eigenvalue weighted by Crippen LogP contribution is -2.46. The highest BCUT2D eigenvalue weighted by Crippen LogP contribution is 2.26. The van der Waals surface area contributed by atoms with Crippen molar-refractivity contribution in [3.63, 3.8) is 0 Å². The highest BCUT2D eigenvalue weighted by molar-refractivity contribution is 5.48. The molecule has 1 aliphatic rings. The van der Waals surface area contributed by atoms with Crippen molar-refractivity contribution >= 4 is 11.5 Å². The third-order valence-electron chi connectivity index (χ3n) is 4.36. The van der Waals surface area contributed by atoms with Crippen LogP contribution >= 0.6 is 0 Å². The minimum absolute atomic E-state index is 0.0823. The number of aromatic nitrogens is 1. The lowest BCUT2D eigenvalue weighted by Gasteiger charge is -2.39. The number of likely N-dealkylation sites (tertiary alicyclic amines) is 1. The van der Waals surface area contributed by atoms with Crippen molar-refractivity contribution < 1.29 is 4.92 Å². The van der Waals surface area contributed by atoms with Crippen molar-refractivity contribution in [2.75, 3.05) is 25.5 Å². The van der Waals surface area contributed by atoms with Crippen molar-refractivity contribution in [2.24, 2.45) is 0 Å². The van der Waals surface area contributed by atoms with Crippen LogP contribution in [-0.4, -0.2) is 47.5 Å². The van der Waals surface area contributed by atoms with E-state index in [-0.39, 0.29) is 10.6 Å². The standard InChI is InChI=1S/C14H22N4O2/c1-10-7-14(15-9-13(10)18(19)20)17(4)12-5-6-16(3)11(2)8-12/h7,9,11-12H,5-6,8H2,1-4H3. The van der Waals surface area contributed by atoms with Gasteiger partial charge in [-0.2, -0.15) is 0 Å². The Bertz CT molecular complexity index is 506. The average Bonchev–Trinajstić information content (AvgIpc) is 2.40. The molecular formula is C14H22N4O2. The first-order valence-corrected chi connectivity index (χ1v) is 6.94. The van der Waals surface area contributed by atoms with Gasteiger partial charge in [-0.25, -0.2) is 4.98 Å². The van der Waals surface area contributed by atoms with Crippen LogP contribution in [0.15, 0.2) is 12.3 Å². The average molecular weight is 278 g/mol. The van der Waals surface area contributed by atoms with Gasteiger partial charge in [-0.15, -0.1) is 0 Å². The zero-order valence-corrected chi connectivity index (χ0v) is 12.5. The van der Waals surface area contributed by atoms with E-state index in [1.165, 1.54) is 6.20 Å². The number of nitrogens with zero attached hydrogens (tertiary/aromatic N) is 4. The summed E-state index contributed by atoms with van der Waals surface area (Å²) in [5.74, 6) is 0.815. The summed E-state index contributed by atoms with van der Waals surface area (Å²) in [5, 5.41) is 10.8. The van der Waals surface area contributed by atoms with E-state index in [4.69, 9.17) is 0 Å². The van der Waals surface area contributed by atoms with E-state index < -0.39 is 0 Å². The second kappa shape index (κ2) is 5.75. The molecule has 2 atom stereocenters. The Kier molecular flexibility index (Phi) is 4.23. The van der Waals surface area contributed by atoms with Crippen molar-refractivity contribution in [1.29, 1.82) is 0 Å². The van der Waals surface area contributed by atoms with Crippen molar-refractivity contribution in [3.8, 4) is 0 Å². The zero-order valence-electron chi connectivity index (χ0n) is 12.5. The fourth-order valence-corrected chi connectivity index (χ4v) is 2.72. The number of anilines is 1. The summed E-state index contributed by atoms with van der Waals surface area (Å²) in [7, 11) is 4.17. The number of nitro groups is 1. The maximum Gasteiger partial charge on any atom is 0.290 e. The van der Waals surface area contributed by atoms with Gasteiger partial charge in [0.05, 0.1) is 4.92 Å². The van der Waals surface area contributed by atoms with E-state index in [9.17, 15) is 10.1 Å². The molecule has 2 heterocycles. The molecule has 6 nitrogen and oxygen atoms in total. The molecule has 110 valence electrons. The molecular weight excluding hydrogens is 256 g/mol. The van der Waals surface area contributed by atoms with Gasteiger partial charge in [0.1, 0.15) is 12.0 Å². The number of hydrogen-bond donors (Lipinski definition) is 0. The van der Waals surface area contributed by atoms with Gasteiger partial charge in [0, 0.05) is 31.2 Å². The first-order valence-electron chi connectivity index (χ1n) is 6.94. The van der Waals surface area contributed by atoms with Gasteiger partial charge in [0.2, 0.25) is 0 Å². The van der Waals surface area contributed by atoms with E-state index in [1.807, 2.05) is 7.05 Å². The molecule has 0 aromatic carbocycles. The Balaban J connectivity index is 2.15. The Morgan fingerprint density at radius 2 is 2.25 bits per heavy atom. The third-order valence-corrected chi connectivity index (χ3v) is 4.36. The molecule has 0 spiro atoms. The molecule has 1 aromatic heterocycles. The van der Waals surface area contributed by atoms with Crippen LogP contribution in [0.5, 0.6) is 0 Å². The molecule has 0 amide bonds. The molecule has 0 saturated carbocycles. The zero-order chi connectivity index (χ0) is 14.9. The normalized spacial score (nSPS) is 23.6. The van der Waals surface area contributed by atoms with Crippen LogP contribution in [0.3, 0.4) is 0 Å². The Morgan fingerprint density at radius 3 is 2.80 bits per heavy atom. The molecule has 0 aliphatic carbocycles. The van der Waals surface area contributed by atoms with E-state index >= 15 is 0 Å². The number of rotatable bonds is 3. The number of piperidine rings is 1. The van der Waals surface area contributed by atoms with Crippen LogP contribution in [0.1, 0.15) is 25.3 Å². The first kappa shape index (κ1) is 14.7. The molecule has 1 fully saturated rings. The number of hydrogen-bond acceptors (Lipinski definition) is 5. The summed E-state index contributed by atoms with van der Waals surface area (Å²) < 4.78 is 0. The Labute approximate surface area is 119 Å². The van der Waals surface area contributed by atoms with Gasteiger partial charge in [0.25, 0.3) is 5.69 Å².